The van der Waals surface area contributed by atoms with Gasteiger partial charge in [-0.2, -0.15) is 0 Å². The largest absolute Gasteiger partial charge is 0.495 e. The van der Waals surface area contributed by atoms with Crippen LogP contribution in [0.15, 0.2) is 24.3 Å². The minimum absolute atomic E-state index is 0.119. The monoisotopic (exact) mass is 332 g/mol. The number of nitrogens with zero attached hydrogens (tertiary/aromatic N) is 1. The Balaban J connectivity index is 1.71. The van der Waals surface area contributed by atoms with Gasteiger partial charge in [0.05, 0.1) is 31.0 Å². The number of ether oxygens (including phenoxy) is 2. The van der Waals surface area contributed by atoms with Crippen LogP contribution in [-0.4, -0.2) is 43.9 Å². The zero-order valence-electron chi connectivity index (χ0n) is 14.8. The van der Waals surface area contributed by atoms with Crippen LogP contribution in [0, 0.1) is 0 Å². The molecule has 1 amide bonds. The minimum Gasteiger partial charge on any atom is -0.495 e. The highest BCUT2D eigenvalue weighted by molar-refractivity contribution is 5.99. The predicted octanol–water partition coefficient (Wildman–Crippen LogP) is 2.74. The van der Waals surface area contributed by atoms with Crippen LogP contribution in [0.25, 0.3) is 0 Å². The van der Waals surface area contributed by atoms with Gasteiger partial charge in [0.25, 0.3) is 0 Å². The van der Waals surface area contributed by atoms with Crippen LogP contribution in [0.1, 0.15) is 39.5 Å². The number of carbonyl (C=O) groups is 1. The van der Waals surface area contributed by atoms with Gasteiger partial charge in [0.15, 0.2) is 0 Å². The molecular weight excluding hydrogens is 304 g/mol. The summed E-state index contributed by atoms with van der Waals surface area (Å²) < 4.78 is 11.2. The first-order valence-corrected chi connectivity index (χ1v) is 8.94. The van der Waals surface area contributed by atoms with E-state index in [0.717, 1.165) is 43.7 Å². The molecule has 2 aliphatic heterocycles. The fourth-order valence-electron chi connectivity index (χ4n) is 3.95. The van der Waals surface area contributed by atoms with Gasteiger partial charge in [0.1, 0.15) is 5.75 Å². The Morgan fingerprint density at radius 2 is 1.92 bits per heavy atom. The summed E-state index contributed by atoms with van der Waals surface area (Å²) >= 11 is 0. The molecule has 24 heavy (non-hydrogen) atoms. The lowest BCUT2D eigenvalue weighted by atomic mass is 9.96. The quantitative estimate of drug-likeness (QED) is 0.921. The van der Waals surface area contributed by atoms with E-state index in [1.54, 1.807) is 7.11 Å². The first-order chi connectivity index (χ1) is 11.6. The molecule has 0 spiro atoms. The average molecular weight is 332 g/mol. The van der Waals surface area contributed by atoms with Crippen LogP contribution in [0.5, 0.6) is 5.75 Å². The Hall–Kier alpha value is -1.59. The fourth-order valence-corrected chi connectivity index (χ4v) is 3.95. The second-order valence-corrected chi connectivity index (χ2v) is 6.95. The number of para-hydroxylation sites is 2. The Morgan fingerprint density at radius 1 is 1.21 bits per heavy atom. The normalized spacial score (nSPS) is 31.1. The van der Waals surface area contributed by atoms with Crippen LogP contribution in [0.2, 0.25) is 0 Å². The first kappa shape index (κ1) is 17.2. The van der Waals surface area contributed by atoms with Crippen LogP contribution >= 0.6 is 0 Å². The minimum atomic E-state index is -0.119. The Morgan fingerprint density at radius 3 is 2.62 bits per heavy atom. The summed E-state index contributed by atoms with van der Waals surface area (Å²) in [5.74, 6) is 0.900. The Labute approximate surface area is 144 Å². The highest BCUT2D eigenvalue weighted by atomic mass is 16.5. The number of nitrogens with one attached hydrogen (secondary N) is 1. The molecule has 0 aliphatic carbocycles. The van der Waals surface area contributed by atoms with E-state index in [1.807, 2.05) is 29.2 Å². The Kier molecular flexibility index (Phi) is 5.41. The second kappa shape index (κ2) is 7.53. The Bertz CT molecular complexity index is 567. The van der Waals surface area contributed by atoms with Crippen molar-refractivity contribution in [2.24, 2.45) is 0 Å². The van der Waals surface area contributed by atoms with Gasteiger partial charge in [0.2, 0.25) is 5.91 Å². The molecule has 132 valence electrons. The maximum absolute atomic E-state index is 13.0. The molecule has 3 rings (SSSR count). The zero-order chi connectivity index (χ0) is 17.1. The molecule has 0 bridgehead atoms. The summed E-state index contributed by atoms with van der Waals surface area (Å²) in [7, 11) is 1.65. The fraction of sp³-hybridized carbons (Fsp3) is 0.632. The molecule has 4 atom stereocenters. The van der Waals surface area contributed by atoms with Gasteiger partial charge in [-0.05, 0) is 51.7 Å². The van der Waals surface area contributed by atoms with Crippen molar-refractivity contribution in [3.8, 4) is 5.75 Å². The van der Waals surface area contributed by atoms with Crippen molar-refractivity contribution in [3.05, 3.63) is 24.3 Å². The summed E-state index contributed by atoms with van der Waals surface area (Å²) in [5, 5.41) is 3.59. The number of carbonyl (C=O) groups excluding carboxylic acids is 1. The van der Waals surface area contributed by atoms with E-state index in [4.69, 9.17) is 9.47 Å². The lowest BCUT2D eigenvalue weighted by molar-refractivity contribution is -0.122. The third-order valence-electron chi connectivity index (χ3n) is 4.95. The summed E-state index contributed by atoms with van der Waals surface area (Å²) in [4.78, 5) is 14.9. The van der Waals surface area contributed by atoms with Crippen molar-refractivity contribution >= 4 is 11.6 Å². The molecule has 0 saturated carbocycles. The molecule has 1 N–H and O–H groups in total. The molecule has 5 heteroatoms. The van der Waals surface area contributed by atoms with Crippen molar-refractivity contribution in [1.29, 1.82) is 0 Å². The number of amides is 1. The lowest BCUT2D eigenvalue weighted by Gasteiger charge is -2.38. The van der Waals surface area contributed by atoms with Gasteiger partial charge in [-0.25, -0.2) is 0 Å². The molecule has 0 radical (unpaired) electrons. The van der Waals surface area contributed by atoms with Crippen molar-refractivity contribution in [1.82, 2.24) is 5.32 Å². The van der Waals surface area contributed by atoms with Crippen molar-refractivity contribution < 1.29 is 14.3 Å². The van der Waals surface area contributed by atoms with Gasteiger partial charge in [-0.3, -0.25) is 4.79 Å². The van der Waals surface area contributed by atoms with Crippen LogP contribution in [0.4, 0.5) is 5.69 Å². The van der Waals surface area contributed by atoms with E-state index >= 15 is 0 Å². The van der Waals surface area contributed by atoms with Crippen LogP contribution in [0.3, 0.4) is 0 Å². The third-order valence-corrected chi connectivity index (χ3v) is 4.95. The highest BCUT2D eigenvalue weighted by Crippen LogP contribution is 2.31. The molecule has 5 nitrogen and oxygen atoms in total. The third kappa shape index (κ3) is 3.73. The van der Waals surface area contributed by atoms with Crippen LogP contribution in [-0.2, 0) is 9.53 Å². The van der Waals surface area contributed by atoms with Gasteiger partial charge < -0.3 is 19.7 Å². The number of anilines is 1. The molecule has 1 aromatic rings. The van der Waals surface area contributed by atoms with E-state index in [0.29, 0.717) is 6.04 Å². The first-order valence-electron chi connectivity index (χ1n) is 8.94. The SMILES string of the molecule is COc1ccccc1N1CCC[C@@H](NC2C[C@@H](C)O[C@@H](C)C2)C1=O. The van der Waals surface area contributed by atoms with Gasteiger partial charge >= 0.3 is 0 Å². The topological polar surface area (TPSA) is 50.8 Å². The van der Waals surface area contributed by atoms with E-state index in [2.05, 4.69) is 19.2 Å². The second-order valence-electron chi connectivity index (χ2n) is 6.95. The summed E-state index contributed by atoms with van der Waals surface area (Å²) in [6, 6.07) is 7.96. The lowest BCUT2D eigenvalue weighted by Crippen LogP contribution is -2.55. The molecule has 2 saturated heterocycles. The molecule has 1 aromatic carbocycles. The van der Waals surface area contributed by atoms with Gasteiger partial charge in [-0.15, -0.1) is 0 Å². The van der Waals surface area contributed by atoms with Gasteiger partial charge in [-0.1, -0.05) is 12.1 Å². The highest BCUT2D eigenvalue weighted by Gasteiger charge is 2.34. The average Bonchev–Trinajstić information content (AvgIpc) is 2.56. The van der Waals surface area contributed by atoms with E-state index in [9.17, 15) is 4.79 Å². The van der Waals surface area contributed by atoms with Crippen molar-refractivity contribution in [2.45, 2.75) is 63.8 Å². The molecule has 1 unspecified atom stereocenters. The molecule has 2 aliphatic rings. The maximum atomic E-state index is 13.0. The summed E-state index contributed by atoms with van der Waals surface area (Å²) in [5.41, 5.74) is 0.866. The molecule has 2 heterocycles. The number of hydrogen-bond acceptors (Lipinski definition) is 4. The molecular formula is C19H28N2O3. The molecule has 0 aromatic heterocycles. The summed E-state index contributed by atoms with van der Waals surface area (Å²) in [6.07, 6.45) is 4.30. The number of piperidine rings is 1. The van der Waals surface area contributed by atoms with E-state index < -0.39 is 0 Å². The van der Waals surface area contributed by atoms with Gasteiger partial charge in [0, 0.05) is 12.6 Å². The standard InChI is InChI=1S/C19H28N2O3/c1-13-11-15(12-14(2)24-13)20-16-7-6-10-21(19(16)22)17-8-4-5-9-18(17)23-3/h4-5,8-9,13-16,20H,6-7,10-12H2,1-3H3/t13-,14+,15?,16-/m1/s1. The molecule has 2 fully saturated rings. The predicted molar refractivity (Wildman–Crippen MR) is 94.5 cm³/mol. The smallest absolute Gasteiger partial charge is 0.244 e. The number of rotatable bonds is 4. The maximum Gasteiger partial charge on any atom is 0.244 e. The number of methoxy groups -OCH3 is 1. The van der Waals surface area contributed by atoms with Crippen LogP contribution < -0.4 is 15.0 Å². The zero-order valence-corrected chi connectivity index (χ0v) is 14.8. The van der Waals surface area contributed by atoms with E-state index in [-0.39, 0.29) is 24.2 Å². The van der Waals surface area contributed by atoms with Crippen molar-refractivity contribution in [2.75, 3.05) is 18.6 Å². The van der Waals surface area contributed by atoms with E-state index in [1.165, 1.54) is 0 Å². The van der Waals surface area contributed by atoms with Crippen molar-refractivity contribution in [3.63, 3.8) is 0 Å². The number of hydrogen-bond donors (Lipinski definition) is 1. The summed E-state index contributed by atoms with van der Waals surface area (Å²) in [6.45, 7) is 4.96. The number of benzene rings is 1.